The molecule has 2 saturated heterocycles. The Morgan fingerprint density at radius 2 is 2.03 bits per heavy atom. The van der Waals surface area contributed by atoms with Gasteiger partial charge in [0.25, 0.3) is 0 Å². The largest absolute Gasteiger partial charge is 0.444 e. The van der Waals surface area contributed by atoms with Gasteiger partial charge in [0.05, 0.1) is 31.4 Å². The number of hydrogen-bond acceptors (Lipinski definition) is 6. The molecule has 0 spiro atoms. The lowest BCUT2D eigenvalue weighted by Crippen LogP contribution is -2.53. The van der Waals surface area contributed by atoms with Crippen LogP contribution in [-0.2, 0) is 20.7 Å². The van der Waals surface area contributed by atoms with Crippen LogP contribution in [-0.4, -0.2) is 78.1 Å². The Kier molecular flexibility index (Phi) is 8.73. The molecule has 4 atom stereocenters. The number of amides is 2. The van der Waals surface area contributed by atoms with E-state index in [4.69, 9.17) is 9.47 Å². The van der Waals surface area contributed by atoms with Crippen molar-refractivity contribution in [1.82, 2.24) is 15.5 Å². The number of benzene rings is 1. The minimum absolute atomic E-state index is 0.0129. The second-order valence-corrected chi connectivity index (χ2v) is 10.3. The molecule has 0 aromatic heterocycles. The molecule has 2 aliphatic heterocycles. The van der Waals surface area contributed by atoms with Gasteiger partial charge in [0.1, 0.15) is 6.10 Å². The minimum atomic E-state index is -0.882. The van der Waals surface area contributed by atoms with E-state index in [2.05, 4.69) is 29.4 Å². The van der Waals surface area contributed by atoms with E-state index < -0.39 is 18.2 Å². The molecule has 2 heterocycles. The Morgan fingerprint density at radius 3 is 2.61 bits per heavy atom. The number of carbonyl (C=O) groups is 2. The Morgan fingerprint density at radius 1 is 1.30 bits per heavy atom. The van der Waals surface area contributed by atoms with Gasteiger partial charge in [-0.3, -0.25) is 9.69 Å². The van der Waals surface area contributed by atoms with Crippen molar-refractivity contribution in [3.05, 3.63) is 35.9 Å². The fourth-order valence-electron chi connectivity index (χ4n) is 4.60. The topological polar surface area (TPSA) is 100 Å². The maximum absolute atomic E-state index is 12.7. The summed E-state index contributed by atoms with van der Waals surface area (Å²) in [6.07, 6.45) is 0.102. The van der Waals surface area contributed by atoms with Crippen molar-refractivity contribution in [2.75, 3.05) is 26.3 Å². The highest BCUT2D eigenvalue weighted by molar-refractivity contribution is 5.85. The van der Waals surface area contributed by atoms with Crippen LogP contribution in [0.2, 0.25) is 0 Å². The molecule has 1 aromatic carbocycles. The standard InChI is InChI=1S/C25H39N3O5/c1-17(2)14-28(21-13-25(3,4)27-23(21)30)15-22(29)20(12-18-8-6-5-7-9-18)26-24(31)33-19-10-11-32-16-19/h5-9,17,19-22,29H,10-16H2,1-4H3,(H,26,31)(H,27,30)/t19-,20-,21-,22+/m0/s1. The zero-order valence-electron chi connectivity index (χ0n) is 20.3. The van der Waals surface area contributed by atoms with E-state index >= 15 is 0 Å². The number of nitrogens with one attached hydrogen (secondary N) is 2. The van der Waals surface area contributed by atoms with Gasteiger partial charge in [-0.15, -0.1) is 0 Å². The number of carbonyl (C=O) groups excluding carboxylic acids is 2. The SMILES string of the molecule is CC(C)CN(C[C@@H](O)[C@H](Cc1ccccc1)NC(=O)O[C@H]1CCOC1)[C@H]1CC(C)(C)NC1=O. The van der Waals surface area contributed by atoms with Gasteiger partial charge in [-0.25, -0.2) is 4.79 Å². The molecule has 2 fully saturated rings. The molecule has 0 unspecified atom stereocenters. The molecule has 2 aliphatic rings. The molecule has 0 bridgehead atoms. The zero-order valence-corrected chi connectivity index (χ0v) is 20.3. The second-order valence-electron chi connectivity index (χ2n) is 10.3. The summed E-state index contributed by atoms with van der Waals surface area (Å²) in [5.74, 6) is 0.308. The van der Waals surface area contributed by atoms with Crippen LogP contribution in [0.25, 0.3) is 0 Å². The highest BCUT2D eigenvalue weighted by Crippen LogP contribution is 2.25. The van der Waals surface area contributed by atoms with E-state index in [1.165, 1.54) is 0 Å². The molecule has 0 aliphatic carbocycles. The molecule has 8 heteroatoms. The van der Waals surface area contributed by atoms with Crippen molar-refractivity contribution in [3.63, 3.8) is 0 Å². The molecule has 33 heavy (non-hydrogen) atoms. The molecule has 3 rings (SSSR count). The lowest BCUT2D eigenvalue weighted by Gasteiger charge is -2.34. The summed E-state index contributed by atoms with van der Waals surface area (Å²) in [5, 5.41) is 17.2. The van der Waals surface area contributed by atoms with E-state index in [1.807, 2.05) is 44.2 Å². The summed E-state index contributed by atoms with van der Waals surface area (Å²) in [5.41, 5.74) is 0.720. The summed E-state index contributed by atoms with van der Waals surface area (Å²) >= 11 is 0. The summed E-state index contributed by atoms with van der Waals surface area (Å²) in [6, 6.07) is 8.87. The molecular formula is C25H39N3O5. The van der Waals surface area contributed by atoms with Crippen molar-refractivity contribution in [2.45, 2.75) is 76.8 Å². The van der Waals surface area contributed by atoms with Crippen LogP contribution < -0.4 is 10.6 Å². The number of aliphatic hydroxyl groups is 1. The maximum atomic E-state index is 12.7. The number of ether oxygens (including phenoxy) is 2. The molecule has 1 aromatic rings. The van der Waals surface area contributed by atoms with Crippen molar-refractivity contribution >= 4 is 12.0 Å². The molecule has 2 amide bonds. The van der Waals surface area contributed by atoms with Gasteiger partial charge in [0.15, 0.2) is 0 Å². The highest BCUT2D eigenvalue weighted by atomic mass is 16.6. The first-order valence-electron chi connectivity index (χ1n) is 12.0. The lowest BCUT2D eigenvalue weighted by molar-refractivity contribution is -0.124. The van der Waals surface area contributed by atoms with Gasteiger partial charge in [0, 0.05) is 25.0 Å². The van der Waals surface area contributed by atoms with Crippen LogP contribution in [0.4, 0.5) is 4.79 Å². The van der Waals surface area contributed by atoms with E-state index in [9.17, 15) is 14.7 Å². The molecule has 184 valence electrons. The first kappa shape index (κ1) is 25.5. The fourth-order valence-corrected chi connectivity index (χ4v) is 4.60. The second kappa shape index (κ2) is 11.3. The summed E-state index contributed by atoms with van der Waals surface area (Å²) in [6.45, 7) is 10.1. The van der Waals surface area contributed by atoms with Gasteiger partial charge in [-0.1, -0.05) is 44.2 Å². The number of hydrogen-bond donors (Lipinski definition) is 3. The smallest absolute Gasteiger partial charge is 0.407 e. The third-order valence-electron chi connectivity index (χ3n) is 6.16. The maximum Gasteiger partial charge on any atom is 0.407 e. The average molecular weight is 462 g/mol. The quantitative estimate of drug-likeness (QED) is 0.493. The van der Waals surface area contributed by atoms with E-state index in [0.717, 1.165) is 5.56 Å². The van der Waals surface area contributed by atoms with Crippen LogP contribution in [0.1, 0.15) is 46.1 Å². The molecule has 0 radical (unpaired) electrons. The van der Waals surface area contributed by atoms with Crippen molar-refractivity contribution in [3.8, 4) is 0 Å². The first-order chi connectivity index (χ1) is 15.6. The zero-order chi connectivity index (χ0) is 24.0. The summed E-state index contributed by atoms with van der Waals surface area (Å²) in [7, 11) is 0. The monoisotopic (exact) mass is 461 g/mol. The third kappa shape index (κ3) is 7.69. The van der Waals surface area contributed by atoms with E-state index in [0.29, 0.717) is 44.9 Å². The average Bonchev–Trinajstić information content (AvgIpc) is 3.33. The van der Waals surface area contributed by atoms with Crippen molar-refractivity contribution in [2.24, 2.45) is 5.92 Å². The van der Waals surface area contributed by atoms with Gasteiger partial charge >= 0.3 is 6.09 Å². The minimum Gasteiger partial charge on any atom is -0.444 e. The Bertz CT molecular complexity index is 780. The van der Waals surface area contributed by atoms with Crippen LogP contribution in [0, 0.1) is 5.92 Å². The molecule has 0 saturated carbocycles. The van der Waals surface area contributed by atoms with Gasteiger partial charge in [0.2, 0.25) is 5.91 Å². The van der Waals surface area contributed by atoms with E-state index in [1.54, 1.807) is 0 Å². The number of alkyl carbamates (subject to hydrolysis) is 1. The number of nitrogens with zero attached hydrogens (tertiary/aromatic N) is 1. The van der Waals surface area contributed by atoms with Crippen molar-refractivity contribution in [1.29, 1.82) is 0 Å². The van der Waals surface area contributed by atoms with E-state index in [-0.39, 0.29) is 30.1 Å². The first-order valence-corrected chi connectivity index (χ1v) is 12.0. The van der Waals surface area contributed by atoms with Gasteiger partial charge < -0.3 is 25.2 Å². The molecular weight excluding hydrogens is 422 g/mol. The number of rotatable bonds is 10. The normalized spacial score (nSPS) is 24.0. The Balaban J connectivity index is 1.72. The van der Waals surface area contributed by atoms with Crippen LogP contribution in [0.15, 0.2) is 30.3 Å². The van der Waals surface area contributed by atoms with Gasteiger partial charge in [-0.2, -0.15) is 0 Å². The lowest BCUT2D eigenvalue weighted by atomic mass is 9.97. The van der Waals surface area contributed by atoms with Crippen molar-refractivity contribution < 1.29 is 24.2 Å². The third-order valence-corrected chi connectivity index (χ3v) is 6.16. The number of aliphatic hydroxyl groups excluding tert-OH is 1. The summed E-state index contributed by atoms with van der Waals surface area (Å²) < 4.78 is 10.8. The van der Waals surface area contributed by atoms with Gasteiger partial charge in [-0.05, 0) is 38.2 Å². The van der Waals surface area contributed by atoms with Crippen LogP contribution in [0.3, 0.4) is 0 Å². The summed E-state index contributed by atoms with van der Waals surface area (Å²) in [4.78, 5) is 27.3. The Labute approximate surface area is 197 Å². The molecule has 3 N–H and O–H groups in total. The predicted octanol–water partition coefficient (Wildman–Crippen LogP) is 2.10. The highest BCUT2D eigenvalue weighted by Gasteiger charge is 2.41. The van der Waals surface area contributed by atoms with Crippen LogP contribution in [0.5, 0.6) is 0 Å². The van der Waals surface area contributed by atoms with Crippen LogP contribution >= 0.6 is 0 Å². The predicted molar refractivity (Wildman–Crippen MR) is 126 cm³/mol. The fraction of sp³-hybridized carbons (Fsp3) is 0.680. The molecule has 8 nitrogen and oxygen atoms in total. The Hall–Kier alpha value is -2.16.